The van der Waals surface area contributed by atoms with Gasteiger partial charge in [-0.25, -0.2) is 0 Å². The highest BCUT2D eigenvalue weighted by molar-refractivity contribution is 14.1. The molecule has 0 aromatic heterocycles. The number of nitriles is 1. The van der Waals surface area contributed by atoms with E-state index < -0.39 is 5.91 Å². The molecular weight excluding hydrogens is 551 g/mol. The number of aryl methyl sites for hydroxylation is 2. The van der Waals surface area contributed by atoms with Crippen LogP contribution in [0.5, 0.6) is 11.5 Å². The maximum absolute atomic E-state index is 12.7. The van der Waals surface area contributed by atoms with Crippen molar-refractivity contribution in [2.45, 2.75) is 20.5 Å². The van der Waals surface area contributed by atoms with E-state index in [1.165, 1.54) is 6.08 Å². The number of rotatable bonds is 7. The minimum absolute atomic E-state index is 0.0106. The van der Waals surface area contributed by atoms with Crippen LogP contribution in [0.4, 0.5) is 5.69 Å². The van der Waals surface area contributed by atoms with E-state index >= 15 is 0 Å². The van der Waals surface area contributed by atoms with Gasteiger partial charge in [-0.2, -0.15) is 5.26 Å². The van der Waals surface area contributed by atoms with E-state index in [-0.39, 0.29) is 5.57 Å². The van der Waals surface area contributed by atoms with E-state index in [0.29, 0.717) is 34.4 Å². The number of hydrogen-bond donors (Lipinski definition) is 1. The van der Waals surface area contributed by atoms with Gasteiger partial charge in [-0.1, -0.05) is 35.9 Å². The van der Waals surface area contributed by atoms with Crippen LogP contribution in [0.25, 0.3) is 6.08 Å². The molecule has 0 fully saturated rings. The molecule has 1 amide bonds. The molecule has 0 aliphatic carbocycles. The van der Waals surface area contributed by atoms with Gasteiger partial charge in [-0.15, -0.1) is 0 Å². The van der Waals surface area contributed by atoms with Gasteiger partial charge in [0.2, 0.25) is 0 Å². The molecule has 5 nitrogen and oxygen atoms in total. The molecule has 0 bridgehead atoms. The zero-order chi connectivity index (χ0) is 24.0. The van der Waals surface area contributed by atoms with Crippen LogP contribution in [0.1, 0.15) is 22.3 Å². The Morgan fingerprint density at radius 3 is 2.55 bits per heavy atom. The number of amides is 1. The number of hydrogen-bond acceptors (Lipinski definition) is 4. The first-order valence-electron chi connectivity index (χ1n) is 10.1. The fourth-order valence-electron chi connectivity index (χ4n) is 3.07. The van der Waals surface area contributed by atoms with E-state index in [2.05, 4.69) is 27.9 Å². The first-order valence-corrected chi connectivity index (χ1v) is 11.5. The lowest BCUT2D eigenvalue weighted by molar-refractivity contribution is -0.112. The number of halogens is 2. The summed E-state index contributed by atoms with van der Waals surface area (Å²) in [6.07, 6.45) is 1.54. The summed E-state index contributed by atoms with van der Waals surface area (Å²) < 4.78 is 12.3. The zero-order valence-electron chi connectivity index (χ0n) is 18.4. The molecule has 0 atom stereocenters. The summed E-state index contributed by atoms with van der Waals surface area (Å²) in [4.78, 5) is 12.7. The lowest BCUT2D eigenvalue weighted by Gasteiger charge is -2.14. The monoisotopic (exact) mass is 572 g/mol. The molecule has 33 heavy (non-hydrogen) atoms. The van der Waals surface area contributed by atoms with Crippen molar-refractivity contribution in [2.75, 3.05) is 12.4 Å². The highest BCUT2D eigenvalue weighted by atomic mass is 127. The number of nitrogens with zero attached hydrogens (tertiary/aromatic N) is 1. The molecule has 0 saturated carbocycles. The molecule has 0 aliphatic heterocycles. The van der Waals surface area contributed by atoms with Crippen molar-refractivity contribution in [1.82, 2.24) is 0 Å². The molecule has 0 saturated heterocycles. The third kappa shape index (κ3) is 6.50. The van der Waals surface area contributed by atoms with Crippen molar-refractivity contribution in [2.24, 2.45) is 0 Å². The van der Waals surface area contributed by atoms with Gasteiger partial charge in [0.05, 0.1) is 10.7 Å². The molecule has 168 valence electrons. The molecule has 0 radical (unpaired) electrons. The van der Waals surface area contributed by atoms with Crippen molar-refractivity contribution >= 4 is 51.9 Å². The van der Waals surface area contributed by atoms with Crippen LogP contribution in [0.15, 0.2) is 60.2 Å². The van der Waals surface area contributed by atoms with E-state index in [0.717, 1.165) is 20.3 Å². The van der Waals surface area contributed by atoms with Gasteiger partial charge in [-0.05, 0) is 95.1 Å². The van der Waals surface area contributed by atoms with Gasteiger partial charge in [0, 0.05) is 10.7 Å². The van der Waals surface area contributed by atoms with E-state index in [9.17, 15) is 10.1 Å². The standard InChI is InChI=1S/C26H22ClIN2O3/c1-16-4-5-17(2)23(10-16)30-26(31)20(14-29)11-19-12-22(28)25(24(13-19)32-3)33-15-18-6-8-21(27)9-7-18/h4-13H,15H2,1-3H3,(H,30,31)/b20-11-. The molecular formula is C26H22ClIN2O3. The summed E-state index contributed by atoms with van der Waals surface area (Å²) in [6.45, 7) is 4.20. The lowest BCUT2D eigenvalue weighted by Crippen LogP contribution is -2.14. The van der Waals surface area contributed by atoms with Gasteiger partial charge in [0.15, 0.2) is 11.5 Å². The third-order valence-corrected chi connectivity index (χ3v) is 5.92. The SMILES string of the molecule is COc1cc(/C=C(/C#N)C(=O)Nc2cc(C)ccc2C)cc(I)c1OCc1ccc(Cl)cc1. The first-order chi connectivity index (χ1) is 15.8. The fourth-order valence-corrected chi connectivity index (χ4v) is 3.98. The van der Waals surface area contributed by atoms with Crippen molar-refractivity contribution in [1.29, 1.82) is 5.26 Å². The summed E-state index contributed by atoms with van der Waals surface area (Å²) in [5.41, 5.74) is 4.23. The first kappa shape index (κ1) is 24.6. The fraction of sp³-hybridized carbons (Fsp3) is 0.154. The smallest absolute Gasteiger partial charge is 0.266 e. The molecule has 0 aliphatic rings. The Kier molecular flexibility index (Phi) is 8.37. The Morgan fingerprint density at radius 2 is 1.88 bits per heavy atom. The van der Waals surface area contributed by atoms with Gasteiger partial charge in [0.1, 0.15) is 18.2 Å². The Labute approximate surface area is 212 Å². The minimum Gasteiger partial charge on any atom is -0.493 e. The van der Waals surface area contributed by atoms with Crippen LogP contribution in [0, 0.1) is 28.7 Å². The predicted octanol–water partition coefficient (Wildman–Crippen LogP) is 6.69. The Bertz CT molecular complexity index is 1250. The second-order valence-electron chi connectivity index (χ2n) is 7.39. The lowest BCUT2D eigenvalue weighted by atomic mass is 10.1. The number of benzene rings is 3. The van der Waals surface area contributed by atoms with E-state index in [4.69, 9.17) is 21.1 Å². The van der Waals surface area contributed by atoms with Gasteiger partial charge in [0.25, 0.3) is 5.91 Å². The average Bonchev–Trinajstić information content (AvgIpc) is 2.79. The second-order valence-corrected chi connectivity index (χ2v) is 8.99. The predicted molar refractivity (Wildman–Crippen MR) is 140 cm³/mol. The highest BCUT2D eigenvalue weighted by Gasteiger charge is 2.15. The molecule has 7 heteroatoms. The minimum atomic E-state index is -0.469. The molecule has 0 spiro atoms. The topological polar surface area (TPSA) is 71.3 Å². The number of carbonyl (C=O) groups is 1. The van der Waals surface area contributed by atoms with E-state index in [1.54, 1.807) is 13.2 Å². The normalized spacial score (nSPS) is 11.0. The Morgan fingerprint density at radius 1 is 1.15 bits per heavy atom. The van der Waals surface area contributed by atoms with Crippen LogP contribution >= 0.6 is 34.2 Å². The summed E-state index contributed by atoms with van der Waals surface area (Å²) in [6, 6.07) is 18.7. The maximum Gasteiger partial charge on any atom is 0.266 e. The largest absolute Gasteiger partial charge is 0.493 e. The molecule has 3 rings (SSSR count). The third-order valence-electron chi connectivity index (χ3n) is 4.87. The maximum atomic E-state index is 12.7. The van der Waals surface area contributed by atoms with E-state index in [1.807, 2.05) is 68.4 Å². The zero-order valence-corrected chi connectivity index (χ0v) is 21.3. The average molecular weight is 573 g/mol. The Hall–Kier alpha value is -3.02. The summed E-state index contributed by atoms with van der Waals surface area (Å²) in [5, 5.41) is 13.1. The summed E-state index contributed by atoms with van der Waals surface area (Å²) >= 11 is 8.08. The number of anilines is 1. The number of ether oxygens (including phenoxy) is 2. The number of carbonyl (C=O) groups excluding carboxylic acids is 1. The van der Waals surface area contributed by atoms with Crippen molar-refractivity contribution < 1.29 is 14.3 Å². The quantitative estimate of drug-likeness (QED) is 0.194. The van der Waals surface area contributed by atoms with Crippen LogP contribution in [-0.4, -0.2) is 13.0 Å². The molecule has 0 heterocycles. The molecule has 0 unspecified atom stereocenters. The summed E-state index contributed by atoms with van der Waals surface area (Å²) in [7, 11) is 1.55. The van der Waals surface area contributed by atoms with Crippen LogP contribution < -0.4 is 14.8 Å². The van der Waals surface area contributed by atoms with Crippen LogP contribution in [0.3, 0.4) is 0 Å². The summed E-state index contributed by atoms with van der Waals surface area (Å²) in [5.74, 6) is 0.626. The molecule has 1 N–H and O–H groups in total. The van der Waals surface area contributed by atoms with Crippen molar-refractivity contribution in [3.63, 3.8) is 0 Å². The molecule has 3 aromatic carbocycles. The van der Waals surface area contributed by atoms with Crippen molar-refractivity contribution in [3.05, 3.63) is 91.0 Å². The highest BCUT2D eigenvalue weighted by Crippen LogP contribution is 2.35. The van der Waals surface area contributed by atoms with Gasteiger partial charge >= 0.3 is 0 Å². The van der Waals surface area contributed by atoms with Crippen LogP contribution in [0.2, 0.25) is 5.02 Å². The number of methoxy groups -OCH3 is 1. The van der Waals surface area contributed by atoms with Gasteiger partial charge in [-0.3, -0.25) is 4.79 Å². The Balaban J connectivity index is 1.83. The van der Waals surface area contributed by atoms with Crippen molar-refractivity contribution in [3.8, 4) is 17.6 Å². The molecule has 3 aromatic rings. The van der Waals surface area contributed by atoms with Gasteiger partial charge < -0.3 is 14.8 Å². The second kappa shape index (κ2) is 11.2. The van der Waals surface area contributed by atoms with Crippen LogP contribution in [-0.2, 0) is 11.4 Å². The number of nitrogens with one attached hydrogen (secondary N) is 1.